The fourth-order valence-electron chi connectivity index (χ4n) is 6.43. The minimum atomic E-state index is -4.46. The zero-order valence-corrected chi connectivity index (χ0v) is 28.9. The smallest absolute Gasteiger partial charge is 0.407 e. The van der Waals surface area contributed by atoms with Crippen molar-refractivity contribution in [2.45, 2.75) is 87.2 Å². The lowest BCUT2D eigenvalue weighted by molar-refractivity contribution is -0.0907. The number of aliphatic hydroxyl groups is 1. The van der Waals surface area contributed by atoms with Gasteiger partial charge in [0, 0.05) is 6.54 Å². The van der Waals surface area contributed by atoms with Crippen molar-refractivity contribution >= 4 is 22.0 Å². The second kappa shape index (κ2) is 16.3. The molecule has 0 spiro atoms. The molecule has 2 saturated heterocycles. The second-order valence-electron chi connectivity index (χ2n) is 13.1. The maximum atomic E-state index is 14.5. The highest BCUT2D eigenvalue weighted by Crippen LogP contribution is 2.40. The topological polar surface area (TPSA) is 185 Å². The molecule has 48 heavy (non-hydrogen) atoms. The summed E-state index contributed by atoms with van der Waals surface area (Å²) >= 11 is 0. The molecule has 2 fully saturated rings. The molecule has 0 bridgehead atoms. The SMILES string of the molecule is CCOC(=O)NCCCC(C)(C)CC(N)([C@H](O)[C@H](Cc1ccccc1)NC(=O)O[C@@H]1CO[C@@H]2OCC[C@@H]21)S(=O)(=O)c1ccc(OC)cc1. The minimum absolute atomic E-state index is 0.0639. The summed E-state index contributed by atoms with van der Waals surface area (Å²) in [6, 6.07) is 13.7. The molecule has 13 nitrogen and oxygen atoms in total. The van der Waals surface area contributed by atoms with E-state index < -0.39 is 56.8 Å². The number of fused-ring (bicyclic) bond motifs is 1. The maximum Gasteiger partial charge on any atom is 0.407 e. The van der Waals surface area contributed by atoms with Crippen molar-refractivity contribution in [2.75, 3.05) is 33.5 Å². The van der Waals surface area contributed by atoms with Gasteiger partial charge in [-0.3, -0.25) is 0 Å². The minimum Gasteiger partial charge on any atom is -0.497 e. The number of methoxy groups -OCH3 is 1. The highest BCUT2D eigenvalue weighted by molar-refractivity contribution is 7.92. The number of hydrogen-bond acceptors (Lipinski definition) is 11. The van der Waals surface area contributed by atoms with E-state index in [-0.39, 0.29) is 36.9 Å². The van der Waals surface area contributed by atoms with Crippen molar-refractivity contribution in [2.24, 2.45) is 17.1 Å². The lowest BCUT2D eigenvalue weighted by Gasteiger charge is -2.42. The normalized spacial score (nSPS) is 21.8. The summed E-state index contributed by atoms with van der Waals surface area (Å²) in [4.78, 5) is 22.8. The molecule has 2 amide bonds. The van der Waals surface area contributed by atoms with Crippen LogP contribution in [0.2, 0.25) is 0 Å². The Morgan fingerprint density at radius 3 is 2.46 bits per heavy atom. The van der Waals surface area contributed by atoms with E-state index in [4.69, 9.17) is 29.4 Å². The van der Waals surface area contributed by atoms with Crippen LogP contribution in [0.3, 0.4) is 0 Å². The Labute approximate surface area is 282 Å². The molecule has 2 aromatic rings. The Morgan fingerprint density at radius 1 is 1.08 bits per heavy atom. The van der Waals surface area contributed by atoms with Gasteiger partial charge in [-0.1, -0.05) is 44.2 Å². The number of benzene rings is 2. The van der Waals surface area contributed by atoms with Gasteiger partial charge in [0.15, 0.2) is 21.0 Å². The van der Waals surface area contributed by atoms with Gasteiger partial charge in [-0.25, -0.2) is 18.0 Å². The first-order valence-corrected chi connectivity index (χ1v) is 17.8. The van der Waals surface area contributed by atoms with Crippen LogP contribution < -0.4 is 21.1 Å². The van der Waals surface area contributed by atoms with Crippen molar-refractivity contribution in [1.29, 1.82) is 0 Å². The zero-order valence-electron chi connectivity index (χ0n) is 28.1. The number of nitrogens with one attached hydrogen (secondary N) is 2. The average Bonchev–Trinajstić information content (AvgIpc) is 3.68. The number of carbonyl (C=O) groups is 2. The number of ether oxygens (including phenoxy) is 5. The molecule has 266 valence electrons. The number of carbonyl (C=O) groups excluding carboxylic acids is 2. The summed E-state index contributed by atoms with van der Waals surface area (Å²) in [6.07, 6.45) is -2.65. The molecular weight excluding hydrogens is 642 g/mol. The third kappa shape index (κ3) is 9.17. The Hall–Kier alpha value is -3.43. The Kier molecular flexibility index (Phi) is 12.7. The standard InChI is InChI=1S/C34H49N3O10S/c1-5-44-31(39)36-18-9-17-33(2,3)22-34(35,48(41,42)25-14-12-24(43-4)13-15-25)29(38)27(20-23-10-7-6-8-11-23)37-32(40)47-28-21-46-30-26(28)16-19-45-30/h6-8,10-15,26-30,38H,5,9,16-22,35H2,1-4H3,(H,36,39)(H,37,40)/t26-,27+,28-,29-,30+,34?/m1/s1. The summed E-state index contributed by atoms with van der Waals surface area (Å²) in [5.74, 6) is 0.333. The summed E-state index contributed by atoms with van der Waals surface area (Å²) in [5, 5.41) is 17.6. The first kappa shape index (κ1) is 37.4. The third-order valence-corrected chi connectivity index (χ3v) is 11.2. The molecule has 0 radical (unpaired) electrons. The molecule has 1 unspecified atom stereocenters. The van der Waals surface area contributed by atoms with E-state index in [1.54, 1.807) is 6.92 Å². The lowest BCUT2D eigenvalue weighted by atomic mass is 9.78. The Bertz CT molecular complexity index is 1460. The molecule has 2 aromatic carbocycles. The van der Waals surface area contributed by atoms with Crippen LogP contribution in [-0.4, -0.2) is 88.6 Å². The van der Waals surface area contributed by atoms with Crippen molar-refractivity contribution in [3.8, 4) is 5.75 Å². The summed E-state index contributed by atoms with van der Waals surface area (Å²) < 4.78 is 56.1. The van der Waals surface area contributed by atoms with Crippen molar-refractivity contribution < 1.29 is 46.8 Å². The summed E-state index contributed by atoms with van der Waals surface area (Å²) in [5.41, 5.74) is 6.97. The zero-order chi connectivity index (χ0) is 35.0. The van der Waals surface area contributed by atoms with Gasteiger partial charge < -0.3 is 45.2 Å². The molecular formula is C34H49N3O10S. The van der Waals surface area contributed by atoms with Crippen molar-refractivity contribution in [3.05, 3.63) is 60.2 Å². The third-order valence-electron chi connectivity index (χ3n) is 8.93. The highest BCUT2D eigenvalue weighted by atomic mass is 32.2. The van der Waals surface area contributed by atoms with Gasteiger partial charge >= 0.3 is 12.2 Å². The molecule has 0 aromatic heterocycles. The first-order valence-electron chi connectivity index (χ1n) is 16.3. The Morgan fingerprint density at radius 2 is 1.79 bits per heavy atom. The van der Waals surface area contributed by atoms with Gasteiger partial charge in [0.2, 0.25) is 0 Å². The molecule has 2 aliphatic heterocycles. The molecule has 4 rings (SSSR count). The van der Waals surface area contributed by atoms with Gasteiger partial charge in [0.1, 0.15) is 18.0 Å². The molecule has 14 heteroatoms. The largest absolute Gasteiger partial charge is 0.497 e. The number of aliphatic hydroxyl groups excluding tert-OH is 1. The van der Waals surface area contributed by atoms with E-state index in [0.717, 1.165) is 5.56 Å². The van der Waals surface area contributed by atoms with Crippen LogP contribution in [0.15, 0.2) is 59.5 Å². The number of nitrogens with two attached hydrogens (primary N) is 1. The van der Waals surface area contributed by atoms with E-state index in [1.165, 1.54) is 31.4 Å². The quantitative estimate of drug-likeness (QED) is 0.189. The van der Waals surface area contributed by atoms with Crippen LogP contribution in [0.25, 0.3) is 0 Å². The van der Waals surface area contributed by atoms with E-state index in [9.17, 15) is 23.1 Å². The first-order chi connectivity index (χ1) is 22.8. The van der Waals surface area contributed by atoms with E-state index in [2.05, 4.69) is 10.6 Å². The summed E-state index contributed by atoms with van der Waals surface area (Å²) in [6.45, 7) is 6.62. The fourth-order valence-corrected chi connectivity index (χ4v) is 8.43. The number of hydrogen-bond donors (Lipinski definition) is 4. The van der Waals surface area contributed by atoms with Gasteiger partial charge in [-0.15, -0.1) is 0 Å². The van der Waals surface area contributed by atoms with E-state index >= 15 is 0 Å². The van der Waals surface area contributed by atoms with Crippen molar-refractivity contribution in [3.63, 3.8) is 0 Å². The molecule has 2 aliphatic rings. The number of sulfone groups is 1. The molecule has 0 saturated carbocycles. The maximum absolute atomic E-state index is 14.5. The number of amides is 2. The van der Waals surface area contributed by atoms with Gasteiger partial charge in [-0.2, -0.15) is 0 Å². The van der Waals surface area contributed by atoms with Crippen LogP contribution in [0, 0.1) is 11.3 Å². The lowest BCUT2D eigenvalue weighted by Crippen LogP contribution is -2.65. The van der Waals surface area contributed by atoms with Gasteiger partial charge in [0.05, 0.1) is 43.8 Å². The van der Waals surface area contributed by atoms with Crippen LogP contribution in [-0.2, 0) is 35.2 Å². The summed E-state index contributed by atoms with van der Waals surface area (Å²) in [7, 11) is -2.99. The monoisotopic (exact) mass is 691 g/mol. The predicted octanol–water partition coefficient (Wildman–Crippen LogP) is 3.53. The van der Waals surface area contributed by atoms with Gasteiger partial charge in [0.25, 0.3) is 0 Å². The van der Waals surface area contributed by atoms with Crippen LogP contribution in [0.4, 0.5) is 9.59 Å². The Balaban J connectivity index is 1.64. The fraction of sp³-hybridized carbons (Fsp3) is 0.588. The predicted molar refractivity (Wildman–Crippen MR) is 177 cm³/mol. The second-order valence-corrected chi connectivity index (χ2v) is 15.3. The van der Waals surface area contributed by atoms with E-state index in [0.29, 0.717) is 38.2 Å². The van der Waals surface area contributed by atoms with Crippen molar-refractivity contribution in [1.82, 2.24) is 10.6 Å². The van der Waals surface area contributed by atoms with E-state index in [1.807, 2.05) is 44.2 Å². The van der Waals surface area contributed by atoms with Gasteiger partial charge in [-0.05, 0) is 74.3 Å². The van der Waals surface area contributed by atoms with Crippen LogP contribution in [0.1, 0.15) is 52.0 Å². The molecule has 0 aliphatic carbocycles. The van der Waals surface area contributed by atoms with Crippen LogP contribution >= 0.6 is 0 Å². The van der Waals surface area contributed by atoms with Crippen LogP contribution in [0.5, 0.6) is 5.75 Å². The molecule has 6 atom stereocenters. The highest BCUT2D eigenvalue weighted by Gasteiger charge is 2.53. The average molecular weight is 692 g/mol. The number of rotatable bonds is 16. The molecule has 5 N–H and O–H groups in total. The molecule has 2 heterocycles. The number of alkyl carbamates (subject to hydrolysis) is 2.